The van der Waals surface area contributed by atoms with Gasteiger partial charge in [0.15, 0.2) is 11.9 Å². The number of benzene rings is 1. The van der Waals surface area contributed by atoms with Crippen molar-refractivity contribution in [2.45, 2.75) is 71.6 Å². The highest BCUT2D eigenvalue weighted by atomic mass is 16.8. The van der Waals surface area contributed by atoms with Crippen molar-refractivity contribution in [1.82, 2.24) is 4.90 Å². The lowest BCUT2D eigenvalue weighted by Crippen LogP contribution is -2.42. The Kier molecular flexibility index (Phi) is 5.08. The molecule has 2 saturated heterocycles. The van der Waals surface area contributed by atoms with Crippen LogP contribution in [0.25, 0.3) is 0 Å². The van der Waals surface area contributed by atoms with E-state index in [9.17, 15) is 9.59 Å². The number of likely N-dealkylation sites (tertiary alicyclic amines) is 1. The van der Waals surface area contributed by atoms with Gasteiger partial charge in [0.05, 0.1) is 13.2 Å². The minimum absolute atomic E-state index is 0.106. The molecular formula is C21H29NO5. The lowest BCUT2D eigenvalue weighted by Gasteiger charge is -2.31. The summed E-state index contributed by atoms with van der Waals surface area (Å²) < 4.78 is 17.0. The largest absolute Gasteiger partial charge is 0.497 e. The summed E-state index contributed by atoms with van der Waals surface area (Å²) in [5.74, 6) is -0.0708. The van der Waals surface area contributed by atoms with Gasteiger partial charge in [-0.25, -0.2) is 0 Å². The average Bonchev–Trinajstić information content (AvgIpc) is 3.01. The van der Waals surface area contributed by atoms with Crippen molar-refractivity contribution in [3.8, 4) is 5.75 Å². The number of carbonyl (C=O) groups is 2. The van der Waals surface area contributed by atoms with Crippen LogP contribution in [-0.4, -0.2) is 47.7 Å². The molecule has 27 heavy (non-hydrogen) atoms. The van der Waals surface area contributed by atoms with E-state index in [4.69, 9.17) is 14.2 Å². The maximum Gasteiger partial charge on any atom is 0.255 e. The fraction of sp³-hybridized carbons (Fsp3) is 0.619. The van der Waals surface area contributed by atoms with Crippen LogP contribution in [0.5, 0.6) is 5.75 Å². The summed E-state index contributed by atoms with van der Waals surface area (Å²) in [6.45, 7) is 9.70. The number of Topliss-reactive ketones (excluding diaryl/α,β-unsaturated/α-hetero) is 1. The molecule has 0 aliphatic carbocycles. The van der Waals surface area contributed by atoms with Crippen molar-refractivity contribution in [2.75, 3.05) is 7.11 Å². The number of hydrogen-bond donors (Lipinski definition) is 0. The fourth-order valence-electron chi connectivity index (χ4n) is 3.61. The normalized spacial score (nSPS) is 27.0. The molecule has 2 heterocycles. The first kappa shape index (κ1) is 19.8. The van der Waals surface area contributed by atoms with Gasteiger partial charge in [0.1, 0.15) is 17.6 Å². The number of methoxy groups -OCH3 is 1. The van der Waals surface area contributed by atoms with Crippen LogP contribution >= 0.6 is 0 Å². The molecule has 2 aliphatic rings. The van der Waals surface area contributed by atoms with Crippen LogP contribution in [0.1, 0.15) is 46.6 Å². The number of carbonyl (C=O) groups excluding carboxylic acids is 2. The van der Waals surface area contributed by atoms with Gasteiger partial charge in [-0.05, 0) is 31.5 Å². The van der Waals surface area contributed by atoms with Crippen LogP contribution in [0.2, 0.25) is 0 Å². The third-order valence-corrected chi connectivity index (χ3v) is 5.18. The van der Waals surface area contributed by atoms with Gasteiger partial charge >= 0.3 is 0 Å². The molecule has 6 nitrogen and oxygen atoms in total. The van der Waals surface area contributed by atoms with E-state index in [1.165, 1.54) is 0 Å². The van der Waals surface area contributed by atoms with Crippen molar-refractivity contribution in [3.63, 3.8) is 0 Å². The number of fused-ring (bicyclic) bond motifs is 1. The van der Waals surface area contributed by atoms with Crippen molar-refractivity contribution < 1.29 is 23.8 Å². The fourth-order valence-corrected chi connectivity index (χ4v) is 3.61. The number of rotatable bonds is 5. The van der Waals surface area contributed by atoms with Gasteiger partial charge in [-0.2, -0.15) is 0 Å². The molecule has 1 amide bonds. The maximum absolute atomic E-state index is 13.0. The average molecular weight is 375 g/mol. The molecule has 2 aliphatic heterocycles. The van der Waals surface area contributed by atoms with Gasteiger partial charge in [-0.15, -0.1) is 0 Å². The highest BCUT2D eigenvalue weighted by Crippen LogP contribution is 2.40. The van der Waals surface area contributed by atoms with Crippen LogP contribution in [0.4, 0.5) is 0 Å². The van der Waals surface area contributed by atoms with E-state index in [1.807, 2.05) is 45.0 Å². The number of nitrogens with zero attached hydrogens (tertiary/aromatic N) is 1. The van der Waals surface area contributed by atoms with Gasteiger partial charge in [0.25, 0.3) is 5.91 Å². The SMILES string of the molecule is COc1ccc(CN2C(=O)[C@H]3OC(C)(C)O[C@H]3[C@@H]2CC(=O)C(C)(C)C)cc1. The molecule has 0 N–H and O–H groups in total. The quantitative estimate of drug-likeness (QED) is 0.792. The molecule has 0 spiro atoms. The second-order valence-corrected chi connectivity index (χ2v) is 8.78. The summed E-state index contributed by atoms with van der Waals surface area (Å²) in [5, 5.41) is 0. The van der Waals surface area contributed by atoms with Crippen LogP contribution in [0, 0.1) is 5.41 Å². The van der Waals surface area contributed by atoms with Crippen molar-refractivity contribution in [1.29, 1.82) is 0 Å². The van der Waals surface area contributed by atoms with Gasteiger partial charge in [-0.3, -0.25) is 9.59 Å². The molecule has 0 unspecified atom stereocenters. The van der Waals surface area contributed by atoms with Crippen molar-refractivity contribution >= 4 is 11.7 Å². The highest BCUT2D eigenvalue weighted by molar-refractivity contribution is 5.89. The van der Waals surface area contributed by atoms with E-state index >= 15 is 0 Å². The molecule has 0 radical (unpaired) electrons. The Morgan fingerprint density at radius 1 is 1.19 bits per heavy atom. The summed E-state index contributed by atoms with van der Waals surface area (Å²) in [6, 6.07) is 7.24. The Bertz CT molecular complexity index is 719. The van der Waals surface area contributed by atoms with Crippen LogP contribution in [0.15, 0.2) is 24.3 Å². The number of ether oxygens (including phenoxy) is 3. The molecule has 148 valence electrons. The van der Waals surface area contributed by atoms with Crippen LogP contribution in [-0.2, 0) is 25.6 Å². The molecule has 0 saturated carbocycles. The number of ketones is 1. The molecule has 3 atom stereocenters. The predicted molar refractivity (Wildman–Crippen MR) is 100 cm³/mol. The molecule has 3 rings (SSSR count). The highest BCUT2D eigenvalue weighted by Gasteiger charge is 2.58. The lowest BCUT2D eigenvalue weighted by molar-refractivity contribution is -0.174. The van der Waals surface area contributed by atoms with E-state index in [0.29, 0.717) is 6.54 Å². The third kappa shape index (κ3) is 4.01. The minimum atomic E-state index is -0.819. The molecule has 1 aromatic rings. The topological polar surface area (TPSA) is 65.1 Å². The molecule has 1 aromatic carbocycles. The van der Waals surface area contributed by atoms with Gasteiger partial charge < -0.3 is 19.1 Å². The van der Waals surface area contributed by atoms with E-state index < -0.39 is 23.4 Å². The maximum atomic E-state index is 13.0. The smallest absolute Gasteiger partial charge is 0.255 e. The predicted octanol–water partition coefficient (Wildman–Crippen LogP) is 2.93. The van der Waals surface area contributed by atoms with E-state index in [-0.39, 0.29) is 24.2 Å². The molecule has 6 heteroatoms. The first-order valence-corrected chi connectivity index (χ1v) is 9.34. The minimum Gasteiger partial charge on any atom is -0.497 e. The summed E-state index contributed by atoms with van der Waals surface area (Å²) in [4.78, 5) is 27.5. The number of amides is 1. The molecule has 2 fully saturated rings. The number of hydrogen-bond acceptors (Lipinski definition) is 5. The lowest BCUT2D eigenvalue weighted by atomic mass is 9.86. The summed E-state index contributed by atoms with van der Waals surface area (Å²) in [5.41, 5.74) is 0.499. The molecule has 0 bridgehead atoms. The van der Waals surface area contributed by atoms with Crippen LogP contribution in [0.3, 0.4) is 0 Å². The molecular weight excluding hydrogens is 346 g/mol. The Morgan fingerprint density at radius 2 is 1.81 bits per heavy atom. The zero-order chi connectivity index (χ0) is 20.0. The Morgan fingerprint density at radius 3 is 2.37 bits per heavy atom. The van der Waals surface area contributed by atoms with Crippen molar-refractivity contribution in [2.24, 2.45) is 5.41 Å². The zero-order valence-electron chi connectivity index (χ0n) is 16.9. The molecule has 0 aromatic heterocycles. The zero-order valence-corrected chi connectivity index (χ0v) is 16.9. The summed E-state index contributed by atoms with van der Waals surface area (Å²) in [6.07, 6.45) is -0.834. The standard InChI is InChI=1S/C21H29NO5/c1-20(2,3)16(23)11-15-17-18(27-21(4,5)26-17)19(24)22(15)12-13-7-9-14(25-6)10-8-13/h7-10,15,17-18H,11-12H2,1-6H3/t15-,17-,18-/m0/s1. The van der Waals surface area contributed by atoms with Crippen molar-refractivity contribution in [3.05, 3.63) is 29.8 Å². The summed E-state index contributed by atoms with van der Waals surface area (Å²) >= 11 is 0. The monoisotopic (exact) mass is 375 g/mol. The Hall–Kier alpha value is -1.92. The first-order valence-electron chi connectivity index (χ1n) is 9.34. The Labute approximate surface area is 160 Å². The second-order valence-electron chi connectivity index (χ2n) is 8.78. The van der Waals surface area contributed by atoms with Crippen LogP contribution < -0.4 is 4.74 Å². The van der Waals surface area contributed by atoms with E-state index in [2.05, 4.69) is 0 Å². The summed E-state index contributed by atoms with van der Waals surface area (Å²) in [7, 11) is 1.62. The van der Waals surface area contributed by atoms with E-state index in [0.717, 1.165) is 11.3 Å². The van der Waals surface area contributed by atoms with Gasteiger partial charge in [-0.1, -0.05) is 32.9 Å². The van der Waals surface area contributed by atoms with Gasteiger partial charge in [0.2, 0.25) is 0 Å². The van der Waals surface area contributed by atoms with Gasteiger partial charge in [0, 0.05) is 18.4 Å². The third-order valence-electron chi connectivity index (χ3n) is 5.18. The van der Waals surface area contributed by atoms with E-state index in [1.54, 1.807) is 25.9 Å². The second kappa shape index (κ2) is 6.91. The Balaban J connectivity index is 1.85. The first-order chi connectivity index (χ1) is 12.5.